The molecule has 1 amide bonds. The van der Waals surface area contributed by atoms with Gasteiger partial charge in [-0.1, -0.05) is 45.0 Å². The second kappa shape index (κ2) is 6.89. The van der Waals surface area contributed by atoms with Crippen LogP contribution >= 0.6 is 0 Å². The van der Waals surface area contributed by atoms with Gasteiger partial charge in [0.1, 0.15) is 5.69 Å². The van der Waals surface area contributed by atoms with Gasteiger partial charge in [0.2, 0.25) is 0 Å². The molecule has 1 aromatic carbocycles. The number of hydrogen-bond donors (Lipinski definition) is 1. The van der Waals surface area contributed by atoms with Crippen LogP contribution in [0.2, 0.25) is 0 Å². The van der Waals surface area contributed by atoms with Gasteiger partial charge in [0, 0.05) is 30.7 Å². The number of carbonyl (C=O) groups is 1. The molecule has 0 aliphatic carbocycles. The lowest BCUT2D eigenvalue weighted by Gasteiger charge is -2.40. The number of benzene rings is 1. The van der Waals surface area contributed by atoms with Crippen molar-refractivity contribution in [1.82, 2.24) is 10.3 Å². The first-order valence-electron chi connectivity index (χ1n) is 8.70. The zero-order valence-corrected chi connectivity index (χ0v) is 14.7. The van der Waals surface area contributed by atoms with Gasteiger partial charge < -0.3 is 10.1 Å². The van der Waals surface area contributed by atoms with Crippen molar-refractivity contribution in [3.8, 4) is 0 Å². The first-order chi connectivity index (χ1) is 11.5. The fourth-order valence-corrected chi connectivity index (χ4v) is 3.62. The summed E-state index contributed by atoms with van der Waals surface area (Å²) in [5, 5.41) is 5.01. The van der Waals surface area contributed by atoms with Crippen LogP contribution in [0.1, 0.15) is 44.1 Å². The van der Waals surface area contributed by atoms with E-state index in [1.165, 1.54) is 0 Å². The van der Waals surface area contributed by atoms with Gasteiger partial charge in [-0.05, 0) is 29.7 Å². The van der Waals surface area contributed by atoms with Gasteiger partial charge in [0.15, 0.2) is 0 Å². The van der Waals surface area contributed by atoms with E-state index in [0.29, 0.717) is 18.2 Å². The standard InChI is InChI=1S/C20H26N2O2/c1-20(2,3)18-15(8-6-12-24-18)13-22-19(23)17-16-9-5-4-7-14(16)10-11-21-17/h4-5,7,9-11,15,18H,6,8,12-13H2,1-3H3,(H,22,23)/t15-,18+/m0/s1. The van der Waals surface area contributed by atoms with Crippen LogP contribution in [0.15, 0.2) is 36.5 Å². The highest BCUT2D eigenvalue weighted by atomic mass is 16.5. The molecule has 0 saturated carbocycles. The molecular weight excluding hydrogens is 300 g/mol. The Hall–Kier alpha value is -1.94. The van der Waals surface area contributed by atoms with Crippen molar-refractivity contribution in [2.45, 2.75) is 39.7 Å². The van der Waals surface area contributed by atoms with Crippen LogP contribution < -0.4 is 5.32 Å². The minimum Gasteiger partial charge on any atom is -0.377 e. The largest absolute Gasteiger partial charge is 0.377 e. The van der Waals surface area contributed by atoms with Crippen LogP contribution in [0.25, 0.3) is 10.8 Å². The summed E-state index contributed by atoms with van der Waals surface area (Å²) in [6, 6.07) is 9.77. The van der Waals surface area contributed by atoms with E-state index in [1.807, 2.05) is 30.3 Å². The molecule has 0 bridgehead atoms. The molecule has 4 heteroatoms. The number of rotatable bonds is 3. The van der Waals surface area contributed by atoms with E-state index in [0.717, 1.165) is 30.2 Å². The number of pyridine rings is 1. The summed E-state index contributed by atoms with van der Waals surface area (Å²) < 4.78 is 6.00. The molecule has 0 radical (unpaired) electrons. The van der Waals surface area contributed by atoms with E-state index in [2.05, 4.69) is 31.1 Å². The summed E-state index contributed by atoms with van der Waals surface area (Å²) in [5.74, 6) is 0.239. The summed E-state index contributed by atoms with van der Waals surface area (Å²) in [6.07, 6.45) is 4.01. The predicted octanol–water partition coefficient (Wildman–Crippen LogP) is 3.81. The molecule has 2 aromatic rings. The number of aromatic nitrogens is 1. The predicted molar refractivity (Wildman–Crippen MR) is 96.0 cm³/mol. The van der Waals surface area contributed by atoms with Crippen molar-refractivity contribution in [3.05, 3.63) is 42.2 Å². The second-order valence-corrected chi connectivity index (χ2v) is 7.65. The maximum Gasteiger partial charge on any atom is 0.270 e. The average Bonchev–Trinajstić information content (AvgIpc) is 2.58. The molecule has 1 aliphatic heterocycles. The number of nitrogens with zero attached hydrogens (tertiary/aromatic N) is 1. The Kier molecular flexibility index (Phi) is 4.86. The third kappa shape index (κ3) is 3.59. The molecule has 0 unspecified atom stereocenters. The summed E-state index contributed by atoms with van der Waals surface area (Å²) in [7, 11) is 0. The maximum atomic E-state index is 12.6. The average molecular weight is 326 g/mol. The zero-order chi connectivity index (χ0) is 17.2. The molecule has 1 aliphatic rings. The molecule has 3 rings (SSSR count). The topological polar surface area (TPSA) is 51.2 Å². The Balaban J connectivity index is 1.72. The van der Waals surface area contributed by atoms with E-state index in [1.54, 1.807) is 6.20 Å². The SMILES string of the molecule is CC(C)(C)[C@@H]1OCCC[C@H]1CNC(=O)c1nccc2ccccc12. The van der Waals surface area contributed by atoms with Gasteiger partial charge in [-0.2, -0.15) is 0 Å². The lowest BCUT2D eigenvalue weighted by molar-refractivity contribution is -0.0839. The van der Waals surface area contributed by atoms with E-state index >= 15 is 0 Å². The summed E-state index contributed by atoms with van der Waals surface area (Å²) in [6.45, 7) is 8.04. The molecule has 2 atom stereocenters. The highest BCUT2D eigenvalue weighted by Gasteiger charge is 2.35. The van der Waals surface area contributed by atoms with E-state index in [-0.39, 0.29) is 17.4 Å². The third-order valence-corrected chi connectivity index (χ3v) is 4.71. The van der Waals surface area contributed by atoms with Crippen molar-refractivity contribution >= 4 is 16.7 Å². The normalized spacial score (nSPS) is 21.6. The first kappa shape index (κ1) is 16.9. The molecule has 1 aromatic heterocycles. The number of fused-ring (bicyclic) bond motifs is 1. The van der Waals surface area contributed by atoms with Crippen LogP contribution in [0.3, 0.4) is 0 Å². The molecule has 1 N–H and O–H groups in total. The minimum absolute atomic E-state index is 0.0769. The summed E-state index contributed by atoms with van der Waals surface area (Å²) >= 11 is 0. The van der Waals surface area contributed by atoms with Gasteiger partial charge in [0.05, 0.1) is 6.10 Å². The number of hydrogen-bond acceptors (Lipinski definition) is 3. The molecule has 2 heterocycles. The van der Waals surface area contributed by atoms with Gasteiger partial charge in [-0.3, -0.25) is 9.78 Å². The van der Waals surface area contributed by atoms with Crippen LogP contribution in [0.5, 0.6) is 0 Å². The highest BCUT2D eigenvalue weighted by molar-refractivity contribution is 6.05. The van der Waals surface area contributed by atoms with E-state index < -0.39 is 0 Å². The maximum absolute atomic E-state index is 12.6. The smallest absolute Gasteiger partial charge is 0.270 e. The molecule has 24 heavy (non-hydrogen) atoms. The minimum atomic E-state index is -0.106. The highest BCUT2D eigenvalue weighted by Crippen LogP contribution is 2.33. The summed E-state index contributed by atoms with van der Waals surface area (Å²) in [4.78, 5) is 16.9. The molecule has 4 nitrogen and oxygen atoms in total. The van der Waals surface area contributed by atoms with E-state index in [9.17, 15) is 4.79 Å². The molecule has 1 saturated heterocycles. The molecule has 128 valence electrons. The van der Waals surface area contributed by atoms with Crippen LogP contribution in [0, 0.1) is 11.3 Å². The van der Waals surface area contributed by atoms with Crippen molar-refractivity contribution < 1.29 is 9.53 Å². The van der Waals surface area contributed by atoms with Crippen molar-refractivity contribution in [2.75, 3.05) is 13.2 Å². The first-order valence-corrected chi connectivity index (χ1v) is 8.70. The fourth-order valence-electron chi connectivity index (χ4n) is 3.62. The van der Waals surface area contributed by atoms with E-state index in [4.69, 9.17) is 4.74 Å². The second-order valence-electron chi connectivity index (χ2n) is 7.65. The Morgan fingerprint density at radius 2 is 2.08 bits per heavy atom. The lowest BCUT2D eigenvalue weighted by atomic mass is 9.78. The van der Waals surface area contributed by atoms with Crippen molar-refractivity contribution in [1.29, 1.82) is 0 Å². The quantitative estimate of drug-likeness (QED) is 0.933. The Labute approximate surface area is 143 Å². The van der Waals surface area contributed by atoms with Crippen molar-refractivity contribution in [3.63, 3.8) is 0 Å². The third-order valence-electron chi connectivity index (χ3n) is 4.71. The number of ether oxygens (including phenoxy) is 1. The van der Waals surface area contributed by atoms with Crippen LogP contribution in [-0.4, -0.2) is 30.1 Å². The Morgan fingerprint density at radius 3 is 2.88 bits per heavy atom. The molecule has 0 spiro atoms. The van der Waals surface area contributed by atoms with Gasteiger partial charge >= 0.3 is 0 Å². The number of nitrogens with one attached hydrogen (secondary N) is 1. The van der Waals surface area contributed by atoms with Crippen LogP contribution in [-0.2, 0) is 4.74 Å². The van der Waals surface area contributed by atoms with Gasteiger partial charge in [0.25, 0.3) is 5.91 Å². The lowest BCUT2D eigenvalue weighted by Crippen LogP contribution is -2.45. The zero-order valence-electron chi connectivity index (χ0n) is 14.7. The van der Waals surface area contributed by atoms with Gasteiger partial charge in [-0.25, -0.2) is 0 Å². The monoisotopic (exact) mass is 326 g/mol. The van der Waals surface area contributed by atoms with Gasteiger partial charge in [-0.15, -0.1) is 0 Å². The Bertz CT molecular complexity index is 716. The fraction of sp³-hybridized carbons (Fsp3) is 0.500. The molecular formula is C20H26N2O2. The van der Waals surface area contributed by atoms with Crippen molar-refractivity contribution in [2.24, 2.45) is 11.3 Å². The summed E-state index contributed by atoms with van der Waals surface area (Å²) in [5.41, 5.74) is 0.574. The number of amides is 1. The van der Waals surface area contributed by atoms with Crippen LogP contribution in [0.4, 0.5) is 0 Å². The molecule has 1 fully saturated rings. The Morgan fingerprint density at radius 1 is 1.29 bits per heavy atom. The number of carbonyl (C=O) groups excluding carboxylic acids is 1.